The molecule has 9 heteroatoms. The third-order valence-corrected chi connectivity index (χ3v) is 4.04. The number of hydrogen-bond donors (Lipinski definition) is 1. The molecular weight excluding hydrogens is 320 g/mol. The van der Waals surface area contributed by atoms with Crippen LogP contribution in [0.3, 0.4) is 0 Å². The van der Waals surface area contributed by atoms with Crippen LogP contribution in [0.25, 0.3) is 0 Å². The molecular formula is C13H14F4N4S. The molecule has 0 unspecified atom stereocenters. The van der Waals surface area contributed by atoms with Crippen molar-refractivity contribution in [3.63, 3.8) is 0 Å². The largest absolute Gasteiger partial charge is 0.416 e. The van der Waals surface area contributed by atoms with Crippen LogP contribution >= 0.6 is 11.8 Å². The van der Waals surface area contributed by atoms with Gasteiger partial charge in [0.2, 0.25) is 0 Å². The van der Waals surface area contributed by atoms with Crippen LogP contribution < -0.4 is 5.73 Å². The van der Waals surface area contributed by atoms with Gasteiger partial charge < -0.3 is 10.3 Å². The summed E-state index contributed by atoms with van der Waals surface area (Å²) in [5.41, 5.74) is 4.68. The molecule has 1 heterocycles. The van der Waals surface area contributed by atoms with Crippen LogP contribution in [0.5, 0.6) is 0 Å². The van der Waals surface area contributed by atoms with E-state index in [0.717, 1.165) is 12.1 Å². The van der Waals surface area contributed by atoms with Crippen LogP contribution in [0.1, 0.15) is 17.0 Å². The fourth-order valence-corrected chi connectivity index (χ4v) is 2.72. The molecule has 0 aliphatic carbocycles. The van der Waals surface area contributed by atoms with Gasteiger partial charge in [-0.2, -0.15) is 13.2 Å². The normalized spacial score (nSPS) is 11.9. The Bertz CT molecular complexity index is 654. The molecule has 0 fully saturated rings. The second kappa shape index (κ2) is 6.66. The lowest BCUT2D eigenvalue weighted by atomic mass is 10.1. The van der Waals surface area contributed by atoms with Crippen molar-refractivity contribution in [3.05, 3.63) is 41.0 Å². The molecule has 0 amide bonds. The molecule has 0 spiro atoms. The number of nitrogens with zero attached hydrogens (tertiary/aromatic N) is 3. The zero-order chi connectivity index (χ0) is 16.3. The number of halogens is 4. The van der Waals surface area contributed by atoms with Crippen molar-refractivity contribution in [1.29, 1.82) is 0 Å². The number of alkyl halides is 3. The van der Waals surface area contributed by atoms with Crippen LogP contribution in [-0.4, -0.2) is 21.3 Å². The Balaban J connectivity index is 2.13. The Morgan fingerprint density at radius 2 is 1.95 bits per heavy atom. The fourth-order valence-electron chi connectivity index (χ4n) is 1.86. The average Bonchev–Trinajstić information content (AvgIpc) is 2.77. The lowest BCUT2D eigenvalue weighted by Gasteiger charge is -2.09. The molecule has 0 aliphatic rings. The van der Waals surface area contributed by atoms with Gasteiger partial charge in [0.25, 0.3) is 0 Å². The predicted octanol–water partition coefficient (Wildman–Crippen LogP) is 2.77. The predicted molar refractivity (Wildman–Crippen MR) is 74.7 cm³/mol. The maximum atomic E-state index is 13.3. The molecule has 0 bridgehead atoms. The molecule has 4 nitrogen and oxygen atoms in total. The van der Waals surface area contributed by atoms with E-state index in [1.807, 2.05) is 0 Å². The van der Waals surface area contributed by atoms with E-state index in [4.69, 9.17) is 5.73 Å². The van der Waals surface area contributed by atoms with Crippen molar-refractivity contribution in [2.45, 2.75) is 23.5 Å². The fraction of sp³-hybridized carbons (Fsp3) is 0.385. The summed E-state index contributed by atoms with van der Waals surface area (Å²) >= 11 is 1.19. The summed E-state index contributed by atoms with van der Waals surface area (Å²) in [7, 11) is 1.75. The van der Waals surface area contributed by atoms with Gasteiger partial charge in [-0.15, -0.1) is 10.2 Å². The molecule has 2 N–H and O–H groups in total. The summed E-state index contributed by atoms with van der Waals surface area (Å²) in [6, 6.07) is 2.50. The van der Waals surface area contributed by atoms with Crippen molar-refractivity contribution in [2.24, 2.45) is 12.8 Å². The molecule has 22 heavy (non-hydrogen) atoms. The molecule has 0 aliphatic heterocycles. The Labute approximate surface area is 128 Å². The first-order valence-electron chi connectivity index (χ1n) is 6.39. The van der Waals surface area contributed by atoms with Gasteiger partial charge in [-0.25, -0.2) is 4.39 Å². The number of benzene rings is 1. The van der Waals surface area contributed by atoms with Gasteiger partial charge in [-0.3, -0.25) is 0 Å². The van der Waals surface area contributed by atoms with Crippen LogP contribution in [0, 0.1) is 5.82 Å². The molecule has 0 saturated carbocycles. The minimum Gasteiger partial charge on any atom is -0.330 e. The number of nitrogens with two attached hydrogens (primary N) is 1. The van der Waals surface area contributed by atoms with Crippen molar-refractivity contribution in [1.82, 2.24) is 14.8 Å². The first-order chi connectivity index (χ1) is 10.3. The lowest BCUT2D eigenvalue weighted by Crippen LogP contribution is -2.08. The van der Waals surface area contributed by atoms with Crippen LogP contribution in [0.15, 0.2) is 23.4 Å². The molecule has 1 aromatic heterocycles. The first-order valence-corrected chi connectivity index (χ1v) is 7.37. The zero-order valence-corrected chi connectivity index (χ0v) is 12.5. The monoisotopic (exact) mass is 334 g/mol. The molecule has 0 saturated heterocycles. The highest BCUT2D eigenvalue weighted by molar-refractivity contribution is 7.98. The molecule has 2 rings (SSSR count). The van der Waals surface area contributed by atoms with E-state index < -0.39 is 17.6 Å². The first kappa shape index (κ1) is 16.8. The van der Waals surface area contributed by atoms with Gasteiger partial charge >= 0.3 is 6.18 Å². The summed E-state index contributed by atoms with van der Waals surface area (Å²) < 4.78 is 53.0. The summed E-state index contributed by atoms with van der Waals surface area (Å²) in [5, 5.41) is 8.44. The van der Waals surface area contributed by atoms with Gasteiger partial charge in [0.05, 0.1) is 5.56 Å². The summed E-state index contributed by atoms with van der Waals surface area (Å²) in [5.74, 6) is -0.0532. The van der Waals surface area contributed by atoms with E-state index in [1.165, 1.54) is 11.8 Å². The Kier molecular flexibility index (Phi) is 5.07. The second-order valence-corrected chi connectivity index (χ2v) is 5.57. The van der Waals surface area contributed by atoms with Crippen molar-refractivity contribution >= 4 is 11.8 Å². The summed E-state index contributed by atoms with van der Waals surface area (Å²) in [6.07, 6.45) is -4.01. The average molecular weight is 334 g/mol. The van der Waals surface area contributed by atoms with Gasteiger partial charge in [0, 0.05) is 19.2 Å². The lowest BCUT2D eigenvalue weighted by molar-refractivity contribution is -0.137. The van der Waals surface area contributed by atoms with Crippen molar-refractivity contribution < 1.29 is 17.6 Å². The molecule has 120 valence electrons. The SMILES string of the molecule is Cn1c(CCN)nnc1SCc1cc(F)cc(C(F)(F)F)c1. The second-order valence-electron chi connectivity index (χ2n) is 4.63. The van der Waals surface area contributed by atoms with E-state index in [9.17, 15) is 17.6 Å². The molecule has 0 atom stereocenters. The van der Waals surface area contributed by atoms with Crippen LogP contribution in [-0.2, 0) is 25.4 Å². The minimum absolute atomic E-state index is 0.162. The van der Waals surface area contributed by atoms with E-state index in [-0.39, 0.29) is 11.3 Å². The maximum Gasteiger partial charge on any atom is 0.416 e. The summed E-state index contributed by atoms with van der Waals surface area (Å²) in [4.78, 5) is 0. The number of rotatable bonds is 5. The quantitative estimate of drug-likeness (QED) is 0.675. The number of aromatic nitrogens is 3. The van der Waals surface area contributed by atoms with Crippen LogP contribution in [0.2, 0.25) is 0 Å². The van der Waals surface area contributed by atoms with E-state index in [0.29, 0.717) is 30.0 Å². The van der Waals surface area contributed by atoms with E-state index in [2.05, 4.69) is 10.2 Å². The van der Waals surface area contributed by atoms with Crippen molar-refractivity contribution in [3.8, 4) is 0 Å². The highest BCUT2D eigenvalue weighted by atomic mass is 32.2. The molecule has 0 radical (unpaired) electrons. The highest BCUT2D eigenvalue weighted by Crippen LogP contribution is 2.31. The van der Waals surface area contributed by atoms with Crippen LogP contribution in [0.4, 0.5) is 17.6 Å². The smallest absolute Gasteiger partial charge is 0.330 e. The zero-order valence-electron chi connectivity index (χ0n) is 11.7. The highest BCUT2D eigenvalue weighted by Gasteiger charge is 2.31. The topological polar surface area (TPSA) is 56.7 Å². The van der Waals surface area contributed by atoms with E-state index in [1.54, 1.807) is 11.6 Å². The molecule has 2 aromatic rings. The Morgan fingerprint density at radius 1 is 1.23 bits per heavy atom. The van der Waals surface area contributed by atoms with Gasteiger partial charge in [-0.1, -0.05) is 11.8 Å². The Morgan fingerprint density at radius 3 is 2.59 bits per heavy atom. The third-order valence-electron chi connectivity index (χ3n) is 2.95. The summed E-state index contributed by atoms with van der Waals surface area (Å²) in [6.45, 7) is 0.426. The van der Waals surface area contributed by atoms with Gasteiger partial charge in [-0.05, 0) is 30.3 Å². The third kappa shape index (κ3) is 3.98. The number of thioether (sulfide) groups is 1. The molecule has 1 aromatic carbocycles. The standard InChI is InChI=1S/C13H14F4N4S/c1-21-11(2-3-18)19-20-12(21)22-7-8-4-9(13(15,16)17)6-10(14)5-8/h4-6H,2-3,7,18H2,1H3. The van der Waals surface area contributed by atoms with Crippen molar-refractivity contribution in [2.75, 3.05) is 6.54 Å². The number of hydrogen-bond acceptors (Lipinski definition) is 4. The Hall–Kier alpha value is -1.61. The van der Waals surface area contributed by atoms with E-state index >= 15 is 0 Å². The maximum absolute atomic E-state index is 13.3. The minimum atomic E-state index is -4.57. The van der Waals surface area contributed by atoms with Gasteiger partial charge in [0.1, 0.15) is 11.6 Å². The van der Waals surface area contributed by atoms with Gasteiger partial charge in [0.15, 0.2) is 5.16 Å².